The molecular formula is C20H27BrN2O4S. The maximum Gasteiger partial charge on any atom is 0.242 e. The molecule has 2 bridgehead atoms. The normalized spacial score (nSPS) is 31.4. The van der Waals surface area contributed by atoms with E-state index in [1.54, 1.807) is 6.07 Å². The average molecular weight is 471 g/mol. The van der Waals surface area contributed by atoms with Crippen molar-refractivity contribution in [2.24, 2.45) is 16.2 Å². The van der Waals surface area contributed by atoms with Gasteiger partial charge in [0.25, 0.3) is 0 Å². The molecule has 1 amide bonds. The van der Waals surface area contributed by atoms with Crippen LogP contribution in [-0.2, 0) is 19.6 Å². The number of nitrogens with zero attached hydrogens (tertiary/aromatic N) is 1. The Balaban J connectivity index is 2.02. The topological polar surface area (TPSA) is 83.6 Å². The standard InChI is InChI=1S/C20H27BrN2O4S/c1-12-7-8-13(28(26,27)23(5)6)11-14(12)22-17(25)20-10-9-19(4,18(20,2)3)16(24)15(20)21/h7-8,11,15H,9-10H2,1-6H3,(H,22,25). The summed E-state index contributed by atoms with van der Waals surface area (Å²) < 4.78 is 26.1. The van der Waals surface area contributed by atoms with Crippen LogP contribution in [0.1, 0.15) is 39.2 Å². The smallest absolute Gasteiger partial charge is 0.242 e. The SMILES string of the molecule is Cc1ccc(S(=O)(=O)N(C)C)cc1NC(=O)C12CCC(C)(C(=O)C1Br)C2(C)C. The molecule has 3 rings (SSSR count). The average Bonchev–Trinajstić information content (AvgIpc) is 2.88. The maximum atomic E-state index is 13.5. The fraction of sp³-hybridized carbons (Fsp3) is 0.600. The summed E-state index contributed by atoms with van der Waals surface area (Å²) in [5, 5.41) is 2.94. The first kappa shape index (κ1) is 21.5. The molecule has 3 atom stereocenters. The Morgan fingerprint density at radius 1 is 1.21 bits per heavy atom. The summed E-state index contributed by atoms with van der Waals surface area (Å²) in [6, 6.07) is 4.70. The Hall–Kier alpha value is -1.25. The van der Waals surface area contributed by atoms with Crippen LogP contribution in [0.2, 0.25) is 0 Å². The quantitative estimate of drug-likeness (QED) is 0.683. The lowest BCUT2D eigenvalue weighted by atomic mass is 9.64. The molecule has 6 nitrogen and oxygen atoms in total. The largest absolute Gasteiger partial charge is 0.325 e. The predicted octanol–water partition coefficient (Wildman–Crippen LogP) is 3.34. The van der Waals surface area contributed by atoms with E-state index in [0.717, 1.165) is 9.87 Å². The molecule has 0 saturated heterocycles. The number of fused-ring (bicyclic) bond motifs is 2. The zero-order valence-corrected chi connectivity index (χ0v) is 19.5. The number of carbonyl (C=O) groups is 2. The fourth-order valence-electron chi connectivity index (χ4n) is 4.80. The number of benzene rings is 1. The third-order valence-electron chi connectivity index (χ3n) is 7.36. The zero-order chi connectivity index (χ0) is 21.3. The predicted molar refractivity (Wildman–Crippen MR) is 112 cm³/mol. The molecular weight excluding hydrogens is 444 g/mol. The van der Waals surface area contributed by atoms with Gasteiger partial charge in [-0.25, -0.2) is 12.7 Å². The molecule has 2 saturated carbocycles. The van der Waals surface area contributed by atoms with Crippen LogP contribution in [0.25, 0.3) is 0 Å². The Kier molecular flexibility index (Phi) is 4.88. The van der Waals surface area contributed by atoms with Gasteiger partial charge in [-0.05, 0) is 42.9 Å². The molecule has 8 heteroatoms. The Bertz CT molecular complexity index is 972. The second kappa shape index (κ2) is 6.37. The van der Waals surface area contributed by atoms with Crippen molar-refractivity contribution in [2.75, 3.05) is 19.4 Å². The van der Waals surface area contributed by atoms with Crippen LogP contribution in [0.5, 0.6) is 0 Å². The van der Waals surface area contributed by atoms with Gasteiger partial charge in [-0.2, -0.15) is 0 Å². The molecule has 2 fully saturated rings. The van der Waals surface area contributed by atoms with Crippen LogP contribution >= 0.6 is 15.9 Å². The summed E-state index contributed by atoms with van der Waals surface area (Å²) in [6.45, 7) is 7.73. The number of sulfonamides is 1. The fourth-order valence-corrected chi connectivity index (χ4v) is 7.24. The van der Waals surface area contributed by atoms with Crippen molar-refractivity contribution >= 4 is 43.3 Å². The molecule has 0 aromatic heterocycles. The second-order valence-electron chi connectivity index (χ2n) is 8.87. The monoisotopic (exact) mass is 470 g/mol. The van der Waals surface area contributed by atoms with E-state index >= 15 is 0 Å². The number of alkyl halides is 1. The van der Waals surface area contributed by atoms with E-state index in [2.05, 4.69) is 21.2 Å². The van der Waals surface area contributed by atoms with Crippen molar-refractivity contribution < 1.29 is 18.0 Å². The molecule has 154 valence electrons. The Labute approximate surface area is 175 Å². The summed E-state index contributed by atoms with van der Waals surface area (Å²) in [5.74, 6) is -0.170. The van der Waals surface area contributed by atoms with Crippen LogP contribution in [0.15, 0.2) is 23.1 Å². The summed E-state index contributed by atoms with van der Waals surface area (Å²) in [6.07, 6.45) is 1.28. The summed E-state index contributed by atoms with van der Waals surface area (Å²) in [5.41, 5.74) is -0.732. The molecule has 0 heterocycles. The Morgan fingerprint density at radius 2 is 1.82 bits per heavy atom. The molecule has 1 N–H and O–H groups in total. The molecule has 1 aromatic rings. The maximum absolute atomic E-state index is 13.5. The van der Waals surface area contributed by atoms with E-state index in [1.165, 1.54) is 26.2 Å². The number of rotatable bonds is 4. The molecule has 0 aliphatic heterocycles. The summed E-state index contributed by atoms with van der Waals surface area (Å²) in [7, 11) is -0.685. The van der Waals surface area contributed by atoms with Gasteiger partial charge in [0.05, 0.1) is 15.1 Å². The van der Waals surface area contributed by atoms with E-state index in [-0.39, 0.29) is 16.6 Å². The second-order valence-corrected chi connectivity index (χ2v) is 11.9. The van der Waals surface area contributed by atoms with Crippen LogP contribution in [-0.4, -0.2) is 43.3 Å². The number of aryl methyl sites for hydroxylation is 1. The van der Waals surface area contributed by atoms with Crippen molar-refractivity contribution in [3.05, 3.63) is 23.8 Å². The highest BCUT2D eigenvalue weighted by Crippen LogP contribution is 2.72. The van der Waals surface area contributed by atoms with Gasteiger partial charge in [0.1, 0.15) is 0 Å². The number of amides is 1. The number of ketones is 1. The lowest BCUT2D eigenvalue weighted by Crippen LogP contribution is -2.48. The highest BCUT2D eigenvalue weighted by Gasteiger charge is 2.76. The van der Waals surface area contributed by atoms with E-state index < -0.39 is 31.1 Å². The number of carbonyl (C=O) groups excluding carboxylic acids is 2. The highest BCUT2D eigenvalue weighted by molar-refractivity contribution is 9.10. The summed E-state index contributed by atoms with van der Waals surface area (Å²) in [4.78, 5) is 25.9. The minimum Gasteiger partial charge on any atom is -0.325 e. The number of hydrogen-bond acceptors (Lipinski definition) is 4. The first-order valence-corrected chi connectivity index (χ1v) is 11.6. The number of Topliss-reactive ketones (excluding diaryl/α,β-unsaturated/α-hetero) is 1. The van der Waals surface area contributed by atoms with Gasteiger partial charge >= 0.3 is 0 Å². The van der Waals surface area contributed by atoms with Crippen LogP contribution in [0.4, 0.5) is 5.69 Å². The number of anilines is 1. The van der Waals surface area contributed by atoms with Crippen LogP contribution in [0, 0.1) is 23.2 Å². The van der Waals surface area contributed by atoms with Crippen LogP contribution < -0.4 is 5.32 Å². The number of halogens is 1. The van der Waals surface area contributed by atoms with Crippen molar-refractivity contribution in [2.45, 2.75) is 50.3 Å². The minimum atomic E-state index is -3.62. The van der Waals surface area contributed by atoms with Gasteiger partial charge in [-0.1, -0.05) is 42.8 Å². The molecule has 0 spiro atoms. The van der Waals surface area contributed by atoms with Gasteiger partial charge in [-0.15, -0.1) is 0 Å². The van der Waals surface area contributed by atoms with Crippen molar-refractivity contribution in [3.63, 3.8) is 0 Å². The molecule has 3 unspecified atom stereocenters. The van der Waals surface area contributed by atoms with E-state index in [9.17, 15) is 18.0 Å². The van der Waals surface area contributed by atoms with Gasteiger partial charge in [-0.3, -0.25) is 9.59 Å². The first-order valence-electron chi connectivity index (χ1n) is 9.26. The van der Waals surface area contributed by atoms with Crippen LogP contribution in [0.3, 0.4) is 0 Å². The van der Waals surface area contributed by atoms with Gasteiger partial charge in [0, 0.05) is 25.2 Å². The molecule has 1 aromatic carbocycles. The molecule has 0 radical (unpaired) electrons. The van der Waals surface area contributed by atoms with Gasteiger partial charge in [0.15, 0.2) is 5.78 Å². The Morgan fingerprint density at radius 3 is 2.32 bits per heavy atom. The zero-order valence-electron chi connectivity index (χ0n) is 17.1. The highest BCUT2D eigenvalue weighted by atomic mass is 79.9. The van der Waals surface area contributed by atoms with E-state index in [0.29, 0.717) is 18.5 Å². The third-order valence-corrected chi connectivity index (χ3v) is 10.4. The minimum absolute atomic E-state index is 0.0690. The number of nitrogens with one attached hydrogen (secondary N) is 1. The molecule has 28 heavy (non-hydrogen) atoms. The van der Waals surface area contributed by atoms with E-state index in [1.807, 2.05) is 27.7 Å². The summed E-state index contributed by atoms with van der Waals surface area (Å²) >= 11 is 3.51. The van der Waals surface area contributed by atoms with Gasteiger partial charge in [0.2, 0.25) is 15.9 Å². The first-order chi connectivity index (χ1) is 12.7. The van der Waals surface area contributed by atoms with E-state index in [4.69, 9.17) is 0 Å². The van der Waals surface area contributed by atoms with Crippen molar-refractivity contribution in [3.8, 4) is 0 Å². The lowest BCUT2D eigenvalue weighted by Gasteiger charge is -2.39. The molecule has 2 aliphatic rings. The molecule has 2 aliphatic carbocycles. The van der Waals surface area contributed by atoms with Crippen molar-refractivity contribution in [1.29, 1.82) is 0 Å². The lowest BCUT2D eigenvalue weighted by molar-refractivity contribution is -0.130. The third kappa shape index (κ3) is 2.50. The van der Waals surface area contributed by atoms with Gasteiger partial charge < -0.3 is 5.32 Å². The van der Waals surface area contributed by atoms with Crippen molar-refractivity contribution in [1.82, 2.24) is 4.31 Å². The number of hydrogen-bond donors (Lipinski definition) is 1.